The van der Waals surface area contributed by atoms with Gasteiger partial charge in [-0.2, -0.15) is 0 Å². The second kappa shape index (κ2) is 6.80. The number of hydrogen-bond acceptors (Lipinski definition) is 2. The molecule has 3 nitrogen and oxygen atoms in total. The third-order valence-corrected chi connectivity index (χ3v) is 2.99. The van der Waals surface area contributed by atoms with Crippen LogP contribution in [-0.4, -0.2) is 15.6 Å². The first-order valence-corrected chi connectivity index (χ1v) is 6.75. The molecule has 0 aromatic carbocycles. The Morgan fingerprint density at radius 3 is 2.59 bits per heavy atom. The molecule has 0 atom stereocenters. The summed E-state index contributed by atoms with van der Waals surface area (Å²) in [5.74, 6) is 1.92. The van der Waals surface area contributed by atoms with Crippen LogP contribution in [0.1, 0.15) is 52.1 Å². The normalized spacial score (nSPS) is 11.7. The number of hydrogen-bond donors (Lipinski definition) is 1. The van der Waals surface area contributed by atoms with E-state index in [1.54, 1.807) is 0 Å². The van der Waals surface area contributed by atoms with E-state index in [0.717, 1.165) is 24.8 Å². The lowest BCUT2D eigenvalue weighted by Crippen LogP contribution is -2.23. The van der Waals surface area contributed by atoms with Crippen molar-refractivity contribution in [3.8, 4) is 0 Å². The van der Waals surface area contributed by atoms with Gasteiger partial charge >= 0.3 is 0 Å². The molecule has 1 heterocycles. The van der Waals surface area contributed by atoms with E-state index in [1.807, 2.05) is 6.20 Å². The molecule has 3 heteroatoms. The van der Waals surface area contributed by atoms with Crippen molar-refractivity contribution in [2.24, 2.45) is 5.92 Å². The number of imidazole rings is 1. The first-order chi connectivity index (χ1) is 8.00. The highest BCUT2D eigenvalue weighted by atomic mass is 15.1. The molecule has 0 fully saturated rings. The average Bonchev–Trinajstić information content (AvgIpc) is 2.57. The summed E-state index contributed by atoms with van der Waals surface area (Å²) in [6.07, 6.45) is 4.53. The second-order valence-electron chi connectivity index (χ2n) is 5.52. The lowest BCUT2D eigenvalue weighted by molar-refractivity contribution is 0.489. The molecule has 0 bridgehead atoms. The summed E-state index contributed by atoms with van der Waals surface area (Å²) in [6, 6.07) is 0.523. The average molecular weight is 237 g/mol. The van der Waals surface area contributed by atoms with Crippen LogP contribution in [0.25, 0.3) is 0 Å². The van der Waals surface area contributed by atoms with Gasteiger partial charge in [-0.1, -0.05) is 27.7 Å². The third-order valence-electron chi connectivity index (χ3n) is 2.99. The zero-order valence-corrected chi connectivity index (χ0v) is 12.0. The van der Waals surface area contributed by atoms with Gasteiger partial charge in [0.2, 0.25) is 0 Å². The standard InChI is InChI=1S/C14H27N3/c1-11(2)7-6-8-17-13(5)16-10-14(17)9-15-12(3)4/h10-12,15H,6-9H2,1-5H3. The van der Waals surface area contributed by atoms with E-state index < -0.39 is 0 Å². The van der Waals surface area contributed by atoms with Crippen molar-refractivity contribution in [3.05, 3.63) is 17.7 Å². The maximum absolute atomic E-state index is 4.42. The number of aryl methyl sites for hydroxylation is 1. The second-order valence-corrected chi connectivity index (χ2v) is 5.52. The molecule has 1 aromatic heterocycles. The van der Waals surface area contributed by atoms with Crippen LogP contribution >= 0.6 is 0 Å². The highest BCUT2D eigenvalue weighted by molar-refractivity contribution is 5.04. The predicted molar refractivity (Wildman–Crippen MR) is 73.0 cm³/mol. The summed E-state index contributed by atoms with van der Waals surface area (Å²) in [5, 5.41) is 3.45. The van der Waals surface area contributed by atoms with Crippen LogP contribution in [0, 0.1) is 12.8 Å². The first kappa shape index (κ1) is 14.2. The fourth-order valence-electron chi connectivity index (χ4n) is 1.93. The molecule has 0 unspecified atom stereocenters. The Kier molecular flexibility index (Phi) is 5.69. The maximum atomic E-state index is 4.42. The summed E-state index contributed by atoms with van der Waals surface area (Å²) in [7, 11) is 0. The topological polar surface area (TPSA) is 29.9 Å². The largest absolute Gasteiger partial charge is 0.331 e. The quantitative estimate of drug-likeness (QED) is 0.789. The zero-order chi connectivity index (χ0) is 12.8. The molecule has 1 N–H and O–H groups in total. The zero-order valence-electron chi connectivity index (χ0n) is 12.0. The van der Waals surface area contributed by atoms with Gasteiger partial charge < -0.3 is 9.88 Å². The SMILES string of the molecule is Cc1ncc(CNC(C)C)n1CCCC(C)C. The van der Waals surface area contributed by atoms with Crippen molar-refractivity contribution in [1.82, 2.24) is 14.9 Å². The smallest absolute Gasteiger partial charge is 0.105 e. The number of aromatic nitrogens is 2. The third kappa shape index (κ3) is 4.90. The molecule has 17 heavy (non-hydrogen) atoms. The summed E-state index contributed by atoms with van der Waals surface area (Å²) in [5.41, 5.74) is 1.31. The monoisotopic (exact) mass is 237 g/mol. The van der Waals surface area contributed by atoms with Gasteiger partial charge in [-0.3, -0.25) is 0 Å². The molecule has 0 amide bonds. The summed E-state index contributed by atoms with van der Waals surface area (Å²) < 4.78 is 2.34. The van der Waals surface area contributed by atoms with Crippen LogP contribution in [0.2, 0.25) is 0 Å². The van der Waals surface area contributed by atoms with Crippen LogP contribution in [0.15, 0.2) is 6.20 Å². The first-order valence-electron chi connectivity index (χ1n) is 6.75. The van der Waals surface area contributed by atoms with Gasteiger partial charge in [-0.05, 0) is 25.7 Å². The van der Waals surface area contributed by atoms with E-state index in [2.05, 4.69) is 49.5 Å². The van der Waals surface area contributed by atoms with Gasteiger partial charge in [0.15, 0.2) is 0 Å². The highest BCUT2D eigenvalue weighted by Gasteiger charge is 2.07. The van der Waals surface area contributed by atoms with E-state index in [1.165, 1.54) is 18.5 Å². The van der Waals surface area contributed by atoms with Crippen molar-refractivity contribution in [2.45, 2.75) is 66.6 Å². The molecule has 0 aliphatic rings. The van der Waals surface area contributed by atoms with Gasteiger partial charge in [0.05, 0.1) is 5.69 Å². The van der Waals surface area contributed by atoms with Gasteiger partial charge in [-0.25, -0.2) is 4.98 Å². The van der Waals surface area contributed by atoms with E-state index in [-0.39, 0.29) is 0 Å². The minimum Gasteiger partial charge on any atom is -0.331 e. The fourth-order valence-corrected chi connectivity index (χ4v) is 1.93. The van der Waals surface area contributed by atoms with Crippen molar-refractivity contribution < 1.29 is 0 Å². The van der Waals surface area contributed by atoms with E-state index >= 15 is 0 Å². The summed E-state index contributed by atoms with van der Waals surface area (Å²) >= 11 is 0. The molecular weight excluding hydrogens is 210 g/mol. The molecular formula is C14H27N3. The molecule has 0 aliphatic heterocycles. The predicted octanol–water partition coefficient (Wildman–Crippen LogP) is 3.13. The Balaban J connectivity index is 2.53. The molecule has 1 aromatic rings. The summed E-state index contributed by atoms with van der Waals surface area (Å²) in [4.78, 5) is 4.42. The van der Waals surface area contributed by atoms with E-state index in [4.69, 9.17) is 0 Å². The van der Waals surface area contributed by atoms with E-state index in [9.17, 15) is 0 Å². The maximum Gasteiger partial charge on any atom is 0.105 e. The lowest BCUT2D eigenvalue weighted by atomic mass is 10.1. The van der Waals surface area contributed by atoms with Crippen molar-refractivity contribution >= 4 is 0 Å². The van der Waals surface area contributed by atoms with E-state index in [0.29, 0.717) is 6.04 Å². The number of rotatable bonds is 7. The summed E-state index contributed by atoms with van der Waals surface area (Å²) in [6.45, 7) is 13.0. The minimum absolute atomic E-state index is 0.523. The molecule has 0 spiro atoms. The molecule has 0 radical (unpaired) electrons. The molecule has 0 saturated heterocycles. The Morgan fingerprint density at radius 2 is 2.00 bits per heavy atom. The lowest BCUT2D eigenvalue weighted by Gasteiger charge is -2.13. The Hall–Kier alpha value is -0.830. The minimum atomic E-state index is 0.523. The van der Waals surface area contributed by atoms with Gasteiger partial charge in [0.25, 0.3) is 0 Å². The van der Waals surface area contributed by atoms with Crippen LogP contribution in [0.4, 0.5) is 0 Å². The highest BCUT2D eigenvalue weighted by Crippen LogP contribution is 2.10. The van der Waals surface area contributed by atoms with Crippen LogP contribution in [0.3, 0.4) is 0 Å². The van der Waals surface area contributed by atoms with Crippen molar-refractivity contribution in [2.75, 3.05) is 0 Å². The molecule has 1 rings (SSSR count). The van der Waals surface area contributed by atoms with Crippen molar-refractivity contribution in [3.63, 3.8) is 0 Å². The van der Waals surface area contributed by atoms with Crippen LogP contribution in [-0.2, 0) is 13.1 Å². The Morgan fingerprint density at radius 1 is 1.29 bits per heavy atom. The van der Waals surface area contributed by atoms with Crippen LogP contribution in [0.5, 0.6) is 0 Å². The molecule has 0 aliphatic carbocycles. The fraction of sp³-hybridized carbons (Fsp3) is 0.786. The Labute approximate surface area is 106 Å². The molecule has 0 saturated carbocycles. The van der Waals surface area contributed by atoms with Gasteiger partial charge in [-0.15, -0.1) is 0 Å². The number of nitrogens with one attached hydrogen (secondary N) is 1. The van der Waals surface area contributed by atoms with Gasteiger partial charge in [0.1, 0.15) is 5.82 Å². The Bertz CT molecular complexity index is 326. The van der Waals surface area contributed by atoms with Crippen molar-refractivity contribution in [1.29, 1.82) is 0 Å². The van der Waals surface area contributed by atoms with Gasteiger partial charge in [0, 0.05) is 25.3 Å². The molecule has 98 valence electrons. The number of nitrogens with zero attached hydrogens (tertiary/aromatic N) is 2. The van der Waals surface area contributed by atoms with Crippen LogP contribution < -0.4 is 5.32 Å².